The van der Waals surface area contributed by atoms with E-state index in [0.29, 0.717) is 5.56 Å². The highest BCUT2D eigenvalue weighted by Crippen LogP contribution is 2.18. The van der Waals surface area contributed by atoms with Crippen molar-refractivity contribution >= 4 is 21.6 Å². The molecule has 0 spiro atoms. The minimum Gasteiger partial charge on any atom is -0.337 e. The first-order valence-corrected chi connectivity index (χ1v) is 10.2. The van der Waals surface area contributed by atoms with Crippen molar-refractivity contribution in [1.82, 2.24) is 4.90 Å². The second-order valence-electron chi connectivity index (χ2n) is 6.55. The maximum atomic E-state index is 13.3. The van der Waals surface area contributed by atoms with Crippen molar-refractivity contribution in [2.24, 2.45) is 0 Å². The molecule has 0 saturated heterocycles. The molecule has 156 valence electrons. The van der Waals surface area contributed by atoms with Gasteiger partial charge >= 0.3 is 0 Å². The van der Waals surface area contributed by atoms with Crippen LogP contribution in [0.25, 0.3) is 0 Å². The molecule has 0 aromatic heterocycles. The van der Waals surface area contributed by atoms with Crippen LogP contribution in [-0.4, -0.2) is 26.3 Å². The van der Waals surface area contributed by atoms with Crippen molar-refractivity contribution in [2.45, 2.75) is 11.4 Å². The highest BCUT2D eigenvalue weighted by Gasteiger charge is 2.17. The topological polar surface area (TPSA) is 66.5 Å². The molecule has 0 fully saturated rings. The Labute approximate surface area is 171 Å². The van der Waals surface area contributed by atoms with Crippen LogP contribution in [0.1, 0.15) is 15.9 Å². The van der Waals surface area contributed by atoms with Crippen LogP contribution >= 0.6 is 0 Å². The van der Waals surface area contributed by atoms with E-state index in [1.807, 2.05) is 0 Å². The summed E-state index contributed by atoms with van der Waals surface area (Å²) in [7, 11) is -2.43. The molecule has 9 heteroatoms. The number of carbonyl (C=O) groups excluding carboxylic acids is 1. The number of hydrogen-bond acceptors (Lipinski definition) is 3. The molecule has 3 aromatic carbocycles. The summed E-state index contributed by atoms with van der Waals surface area (Å²) in [5.74, 6) is -2.89. The third-order valence-electron chi connectivity index (χ3n) is 4.26. The normalized spacial score (nSPS) is 11.2. The molecule has 0 bridgehead atoms. The molecule has 0 saturated carbocycles. The van der Waals surface area contributed by atoms with Crippen LogP contribution in [0, 0.1) is 17.5 Å². The number of nitrogens with zero attached hydrogens (tertiary/aromatic N) is 1. The average molecular weight is 434 g/mol. The smallest absolute Gasteiger partial charge is 0.261 e. The lowest BCUT2D eigenvalue weighted by Gasteiger charge is -2.18. The van der Waals surface area contributed by atoms with Gasteiger partial charge in [-0.3, -0.25) is 9.52 Å². The van der Waals surface area contributed by atoms with Crippen molar-refractivity contribution in [1.29, 1.82) is 0 Å². The number of anilines is 1. The molecular formula is C21H17F3N2O3S. The summed E-state index contributed by atoms with van der Waals surface area (Å²) in [6.45, 7) is 0.0439. The minimum absolute atomic E-state index is 0.0439. The van der Waals surface area contributed by atoms with E-state index in [4.69, 9.17) is 0 Å². The van der Waals surface area contributed by atoms with Gasteiger partial charge in [-0.05, 0) is 66.2 Å². The van der Waals surface area contributed by atoms with Crippen LogP contribution in [0.15, 0.2) is 71.6 Å². The molecule has 0 atom stereocenters. The van der Waals surface area contributed by atoms with E-state index in [1.54, 1.807) is 0 Å². The first kappa shape index (κ1) is 21.4. The standard InChI is InChI=1S/C21H17F3N2O3S/c1-26(13-14-2-11-19(23)20(24)12-14)21(27)15-3-9-18(10-4-15)30(28,29)25-17-7-5-16(22)6-8-17/h2-12,25H,13H2,1H3. The highest BCUT2D eigenvalue weighted by atomic mass is 32.2. The van der Waals surface area contributed by atoms with Crippen LogP contribution < -0.4 is 4.72 Å². The number of nitrogens with one attached hydrogen (secondary N) is 1. The van der Waals surface area contributed by atoms with E-state index < -0.39 is 33.4 Å². The fraction of sp³-hybridized carbons (Fsp3) is 0.0952. The number of halogens is 3. The molecule has 3 rings (SSSR count). The van der Waals surface area contributed by atoms with Crippen molar-refractivity contribution in [3.05, 3.63) is 95.3 Å². The summed E-state index contributed by atoms with van der Waals surface area (Å²) >= 11 is 0. The molecule has 30 heavy (non-hydrogen) atoms. The van der Waals surface area contributed by atoms with Crippen LogP contribution in [0.2, 0.25) is 0 Å². The van der Waals surface area contributed by atoms with Gasteiger partial charge in [-0.2, -0.15) is 0 Å². The Bertz CT molecular complexity index is 1170. The van der Waals surface area contributed by atoms with E-state index >= 15 is 0 Å². The molecular weight excluding hydrogens is 417 g/mol. The predicted octanol–water partition coefficient (Wildman–Crippen LogP) is 4.18. The first-order valence-electron chi connectivity index (χ1n) is 8.73. The minimum atomic E-state index is -3.92. The Morgan fingerprint density at radius 1 is 0.900 bits per heavy atom. The van der Waals surface area contributed by atoms with E-state index in [1.165, 1.54) is 54.4 Å². The van der Waals surface area contributed by atoms with Crippen molar-refractivity contribution in [3.8, 4) is 0 Å². The molecule has 0 aliphatic carbocycles. The second kappa shape index (κ2) is 8.58. The van der Waals surface area contributed by atoms with Gasteiger partial charge in [0.05, 0.1) is 4.90 Å². The average Bonchev–Trinajstić information content (AvgIpc) is 2.72. The van der Waals surface area contributed by atoms with Crippen molar-refractivity contribution in [2.75, 3.05) is 11.8 Å². The lowest BCUT2D eigenvalue weighted by molar-refractivity contribution is 0.0785. The maximum Gasteiger partial charge on any atom is 0.261 e. The summed E-state index contributed by atoms with van der Waals surface area (Å²) in [6.07, 6.45) is 0. The second-order valence-corrected chi connectivity index (χ2v) is 8.23. The van der Waals surface area contributed by atoms with Gasteiger partial charge in [0.25, 0.3) is 15.9 Å². The first-order chi connectivity index (χ1) is 14.2. The molecule has 0 unspecified atom stereocenters. The van der Waals surface area contributed by atoms with E-state index in [9.17, 15) is 26.4 Å². The fourth-order valence-electron chi connectivity index (χ4n) is 2.71. The number of hydrogen-bond donors (Lipinski definition) is 1. The molecule has 0 aliphatic rings. The summed E-state index contributed by atoms with van der Waals surface area (Å²) in [6, 6.07) is 13.4. The van der Waals surface area contributed by atoms with Gasteiger partial charge in [0.2, 0.25) is 0 Å². The zero-order chi connectivity index (χ0) is 21.9. The SMILES string of the molecule is CN(Cc1ccc(F)c(F)c1)C(=O)c1ccc(S(=O)(=O)Nc2ccc(F)cc2)cc1. The highest BCUT2D eigenvalue weighted by molar-refractivity contribution is 7.92. The van der Waals surface area contributed by atoms with Gasteiger partial charge in [0.1, 0.15) is 5.82 Å². The number of carbonyl (C=O) groups is 1. The van der Waals surface area contributed by atoms with Gasteiger partial charge in [-0.1, -0.05) is 6.07 Å². The van der Waals surface area contributed by atoms with Gasteiger partial charge in [-0.25, -0.2) is 21.6 Å². The lowest BCUT2D eigenvalue weighted by atomic mass is 10.1. The maximum absolute atomic E-state index is 13.3. The third-order valence-corrected chi connectivity index (χ3v) is 5.66. The number of sulfonamides is 1. The molecule has 1 N–H and O–H groups in total. The van der Waals surface area contributed by atoms with E-state index in [2.05, 4.69) is 4.72 Å². The monoisotopic (exact) mass is 434 g/mol. The van der Waals surface area contributed by atoms with Gasteiger partial charge in [0, 0.05) is 24.8 Å². The molecule has 0 heterocycles. The van der Waals surface area contributed by atoms with E-state index in [0.717, 1.165) is 24.3 Å². The van der Waals surface area contributed by atoms with Crippen LogP contribution in [-0.2, 0) is 16.6 Å². The van der Waals surface area contributed by atoms with Gasteiger partial charge in [-0.15, -0.1) is 0 Å². The summed E-state index contributed by atoms with van der Waals surface area (Å²) in [4.78, 5) is 13.8. The zero-order valence-corrected chi connectivity index (χ0v) is 16.6. The molecule has 0 radical (unpaired) electrons. The third kappa shape index (κ3) is 4.98. The summed E-state index contributed by atoms with van der Waals surface area (Å²) in [5, 5.41) is 0. The largest absolute Gasteiger partial charge is 0.337 e. The lowest BCUT2D eigenvalue weighted by Crippen LogP contribution is -2.26. The van der Waals surface area contributed by atoms with E-state index in [-0.39, 0.29) is 22.7 Å². The number of amides is 1. The number of rotatable bonds is 6. The van der Waals surface area contributed by atoms with Crippen LogP contribution in [0.5, 0.6) is 0 Å². The van der Waals surface area contributed by atoms with Gasteiger partial charge < -0.3 is 4.90 Å². The fourth-order valence-corrected chi connectivity index (χ4v) is 3.77. The Morgan fingerprint density at radius 3 is 2.13 bits per heavy atom. The molecule has 3 aromatic rings. The van der Waals surface area contributed by atoms with Crippen molar-refractivity contribution < 1.29 is 26.4 Å². The molecule has 5 nitrogen and oxygen atoms in total. The Morgan fingerprint density at radius 2 is 1.53 bits per heavy atom. The summed E-state index contributed by atoms with van der Waals surface area (Å²) < 4.78 is 66.5. The van der Waals surface area contributed by atoms with Gasteiger partial charge in [0.15, 0.2) is 11.6 Å². The quantitative estimate of drug-likeness (QED) is 0.633. The van der Waals surface area contributed by atoms with Crippen molar-refractivity contribution in [3.63, 3.8) is 0 Å². The predicted molar refractivity (Wildman–Crippen MR) is 106 cm³/mol. The zero-order valence-electron chi connectivity index (χ0n) is 15.8. The Balaban J connectivity index is 1.71. The Hall–Kier alpha value is -3.33. The molecule has 1 amide bonds. The Kier molecular flexibility index (Phi) is 6.12. The molecule has 0 aliphatic heterocycles. The van der Waals surface area contributed by atoms with Crippen LogP contribution in [0.4, 0.5) is 18.9 Å². The number of benzene rings is 3. The van der Waals surface area contributed by atoms with Crippen LogP contribution in [0.3, 0.4) is 0 Å². The summed E-state index contributed by atoms with van der Waals surface area (Å²) in [5.41, 5.74) is 0.830.